The number of aliphatic carboxylic acids is 1. The molecule has 3 rings (SSSR count). The van der Waals surface area contributed by atoms with Gasteiger partial charge in [0.2, 0.25) is 0 Å². The second-order valence-electron chi connectivity index (χ2n) is 7.16. The van der Waals surface area contributed by atoms with Crippen molar-refractivity contribution >= 4 is 39.9 Å². The van der Waals surface area contributed by atoms with E-state index in [1.54, 1.807) is 24.3 Å². The van der Waals surface area contributed by atoms with Crippen molar-refractivity contribution in [1.29, 1.82) is 0 Å². The number of benzene rings is 1. The number of amides is 1. The molecule has 0 unspecified atom stereocenters. The molecule has 13 heteroatoms. The van der Waals surface area contributed by atoms with Crippen molar-refractivity contribution in [2.75, 3.05) is 25.4 Å². The molecule has 8 N–H and O–H groups in total. The van der Waals surface area contributed by atoms with Crippen LogP contribution in [0.4, 0.5) is 5.13 Å². The second-order valence-corrected chi connectivity index (χ2v) is 8.05. The zero-order chi connectivity index (χ0) is 23.8. The maximum absolute atomic E-state index is 11.6. The lowest BCUT2D eigenvalue weighted by Crippen LogP contribution is -2.34. The van der Waals surface area contributed by atoms with Crippen LogP contribution < -0.4 is 27.3 Å². The highest BCUT2D eigenvalue weighted by Crippen LogP contribution is 2.15. The van der Waals surface area contributed by atoms with Crippen LogP contribution >= 0.6 is 11.3 Å². The van der Waals surface area contributed by atoms with Gasteiger partial charge in [0.05, 0.1) is 6.04 Å². The number of primary amides is 1. The molecule has 0 aliphatic carbocycles. The summed E-state index contributed by atoms with van der Waals surface area (Å²) in [4.78, 5) is 36.6. The number of rotatable bonds is 10. The molecule has 1 fully saturated rings. The highest BCUT2D eigenvalue weighted by Gasteiger charge is 2.23. The molecule has 1 aromatic carbocycles. The van der Waals surface area contributed by atoms with Crippen LogP contribution in [-0.4, -0.2) is 65.4 Å². The van der Waals surface area contributed by atoms with Crippen LogP contribution in [0.1, 0.15) is 24.1 Å². The van der Waals surface area contributed by atoms with E-state index in [9.17, 15) is 14.7 Å². The van der Waals surface area contributed by atoms with E-state index in [0.29, 0.717) is 11.6 Å². The number of anilines is 1. The van der Waals surface area contributed by atoms with E-state index in [-0.39, 0.29) is 29.2 Å². The van der Waals surface area contributed by atoms with Gasteiger partial charge in [0, 0.05) is 17.5 Å². The number of nitrogens with one attached hydrogen (secondary N) is 1. The number of nitrogens with two attached hydrogens (primary N) is 3. The van der Waals surface area contributed by atoms with Crippen molar-refractivity contribution in [3.63, 3.8) is 0 Å². The molecule has 0 bridgehead atoms. The fourth-order valence-electron chi connectivity index (χ4n) is 2.99. The van der Waals surface area contributed by atoms with Crippen LogP contribution in [-0.2, 0) is 14.4 Å². The highest BCUT2D eigenvalue weighted by molar-refractivity contribution is 7.13. The van der Waals surface area contributed by atoms with Crippen LogP contribution in [0, 0.1) is 0 Å². The Balaban J connectivity index is 1.61. The Morgan fingerprint density at radius 2 is 2.06 bits per heavy atom. The molecule has 2 heterocycles. The summed E-state index contributed by atoms with van der Waals surface area (Å²) in [6, 6.07) is 6.90. The predicted octanol–water partition coefficient (Wildman–Crippen LogP) is -0.0792. The Morgan fingerprint density at radius 1 is 1.30 bits per heavy atom. The van der Waals surface area contributed by atoms with Crippen LogP contribution in [0.5, 0.6) is 5.75 Å². The number of hydrogen-bond acceptors (Lipinski definition) is 10. The average Bonchev–Trinajstić information content (AvgIpc) is 3.22. The predicted molar refractivity (Wildman–Crippen MR) is 123 cm³/mol. The van der Waals surface area contributed by atoms with Gasteiger partial charge in [-0.2, -0.15) is 0 Å². The third-order valence-electron chi connectivity index (χ3n) is 4.69. The molecule has 1 aliphatic heterocycles. The number of aliphatic imine (C=N–C) groups is 1. The van der Waals surface area contributed by atoms with Crippen molar-refractivity contribution in [2.45, 2.75) is 25.0 Å². The van der Waals surface area contributed by atoms with E-state index >= 15 is 0 Å². The maximum Gasteiger partial charge on any atom is 0.351 e. The first-order valence-electron chi connectivity index (χ1n) is 10.1. The van der Waals surface area contributed by atoms with Gasteiger partial charge in [-0.25, -0.2) is 9.78 Å². The summed E-state index contributed by atoms with van der Waals surface area (Å²) in [6.07, 6.45) is 0.547. The van der Waals surface area contributed by atoms with E-state index in [1.165, 1.54) is 5.38 Å². The Kier molecular flexibility index (Phi) is 8.16. The summed E-state index contributed by atoms with van der Waals surface area (Å²) in [5.41, 5.74) is 17.4. The fourth-order valence-corrected chi connectivity index (χ4v) is 3.53. The van der Waals surface area contributed by atoms with E-state index in [1.807, 2.05) is 0 Å². The molecule has 1 aromatic heterocycles. The normalized spacial score (nSPS) is 17.9. The number of carbonyl (C=O) groups is 2. The molecule has 0 radical (unpaired) electrons. The minimum absolute atomic E-state index is 0.0916. The second kappa shape index (κ2) is 11.2. The summed E-state index contributed by atoms with van der Waals surface area (Å²) < 4.78 is 5.50. The first-order chi connectivity index (χ1) is 15.8. The highest BCUT2D eigenvalue weighted by atomic mass is 32.1. The molecule has 1 aliphatic rings. The van der Waals surface area contributed by atoms with Crippen LogP contribution in [0.3, 0.4) is 0 Å². The summed E-state index contributed by atoms with van der Waals surface area (Å²) >= 11 is 1.07. The smallest absolute Gasteiger partial charge is 0.351 e. The molecule has 2 atom stereocenters. The number of piperidine rings is 1. The number of nitrogen functional groups attached to an aromatic ring is 1. The van der Waals surface area contributed by atoms with E-state index in [0.717, 1.165) is 42.8 Å². The molecular weight excluding hydrogens is 450 g/mol. The van der Waals surface area contributed by atoms with Gasteiger partial charge in [-0.15, -0.1) is 11.3 Å². The third kappa shape index (κ3) is 6.89. The maximum atomic E-state index is 11.6. The largest absolute Gasteiger partial charge is 0.489 e. The average molecular weight is 476 g/mol. The van der Waals surface area contributed by atoms with Crippen LogP contribution in [0.2, 0.25) is 0 Å². The standard InChI is InChI=1S/C20H25N7O5S/c21-17(25-12-2-1-7-24-8-12)11-3-5-13(6-4-11)31-9-15(19(29)30)32-27-16(18(22)28)14-10-33-20(23)26-14/h3-6,10,12,15,24H,1-2,7-9H2,(H2,21,25)(H2,22,28)(H2,23,26)(H,29,30)/b27-16-/t12-,15+/m1/s1. The number of oxime groups is 1. The topological polar surface area (TPSA) is 201 Å². The van der Waals surface area contributed by atoms with Gasteiger partial charge in [-0.1, -0.05) is 5.16 Å². The number of hydrogen-bond donors (Lipinski definition) is 5. The number of nitrogens with zero attached hydrogens (tertiary/aromatic N) is 3. The van der Waals surface area contributed by atoms with Gasteiger partial charge in [0.15, 0.2) is 10.8 Å². The minimum Gasteiger partial charge on any atom is -0.489 e. The molecule has 33 heavy (non-hydrogen) atoms. The Morgan fingerprint density at radius 3 is 2.64 bits per heavy atom. The summed E-state index contributed by atoms with van der Waals surface area (Å²) in [5.74, 6) is -1.45. The molecule has 12 nitrogen and oxygen atoms in total. The first kappa shape index (κ1) is 23.9. The molecule has 1 saturated heterocycles. The van der Waals surface area contributed by atoms with Crippen molar-refractivity contribution in [1.82, 2.24) is 10.3 Å². The molecule has 0 spiro atoms. The molecule has 2 aromatic rings. The third-order valence-corrected chi connectivity index (χ3v) is 5.36. The van der Waals surface area contributed by atoms with Crippen molar-refractivity contribution in [3.8, 4) is 5.75 Å². The van der Waals surface area contributed by atoms with E-state index in [2.05, 4.69) is 20.4 Å². The summed E-state index contributed by atoms with van der Waals surface area (Å²) in [6.45, 7) is 1.42. The lowest BCUT2D eigenvalue weighted by molar-refractivity contribution is -0.152. The van der Waals surface area contributed by atoms with Crippen LogP contribution in [0.15, 0.2) is 39.8 Å². The number of carbonyl (C=O) groups excluding carboxylic acids is 1. The van der Waals surface area contributed by atoms with Gasteiger partial charge < -0.3 is 37.2 Å². The number of carboxylic acids is 1. The Labute approximate surface area is 193 Å². The minimum atomic E-state index is -1.50. The van der Waals surface area contributed by atoms with Crippen LogP contribution in [0.25, 0.3) is 0 Å². The van der Waals surface area contributed by atoms with Gasteiger partial charge >= 0.3 is 5.97 Å². The zero-order valence-corrected chi connectivity index (χ0v) is 18.5. The molecular formula is C20H25N7O5S. The van der Waals surface area contributed by atoms with Gasteiger partial charge in [0.25, 0.3) is 12.0 Å². The zero-order valence-electron chi connectivity index (χ0n) is 17.6. The fraction of sp³-hybridized carbons (Fsp3) is 0.350. The summed E-state index contributed by atoms with van der Waals surface area (Å²) in [7, 11) is 0. The molecule has 0 saturated carbocycles. The van der Waals surface area contributed by atoms with Crippen molar-refractivity contribution in [2.24, 2.45) is 21.6 Å². The first-order valence-corrected chi connectivity index (χ1v) is 11.0. The van der Waals surface area contributed by atoms with Crippen molar-refractivity contribution in [3.05, 3.63) is 40.9 Å². The molecule has 176 valence electrons. The quantitative estimate of drug-likeness (QED) is 0.177. The van der Waals surface area contributed by atoms with Gasteiger partial charge in [-0.05, 0) is 43.7 Å². The number of thiazole rings is 1. The number of amidine groups is 1. The number of aromatic nitrogens is 1. The molecule has 1 amide bonds. The lowest BCUT2D eigenvalue weighted by atomic mass is 10.1. The SMILES string of the molecule is NC(=O)/C(=N\O[C@@H](COc1ccc(C(N)=N[C@@H]2CCCNC2)cc1)C(=O)O)c1csc(N)n1. The van der Waals surface area contributed by atoms with Gasteiger partial charge in [0.1, 0.15) is 23.9 Å². The Bertz CT molecular complexity index is 1030. The van der Waals surface area contributed by atoms with E-state index in [4.69, 9.17) is 26.8 Å². The monoisotopic (exact) mass is 475 g/mol. The Hall–Kier alpha value is -3.71. The van der Waals surface area contributed by atoms with E-state index < -0.39 is 18.0 Å². The number of ether oxygens (including phenoxy) is 1. The van der Waals surface area contributed by atoms with Gasteiger partial charge in [-0.3, -0.25) is 9.79 Å². The lowest BCUT2D eigenvalue weighted by Gasteiger charge is -2.19. The number of carboxylic acid groups (broad SMARTS) is 1. The van der Waals surface area contributed by atoms with Crippen molar-refractivity contribution < 1.29 is 24.3 Å². The summed E-state index contributed by atoms with van der Waals surface area (Å²) in [5, 5.41) is 17.9.